The third-order valence-electron chi connectivity index (χ3n) is 4.84. The third kappa shape index (κ3) is 6.41. The Kier molecular flexibility index (Phi) is 7.52. The van der Waals surface area contributed by atoms with Crippen LogP contribution < -0.4 is 0 Å². The Balaban J connectivity index is 2.07. The fourth-order valence-corrected chi connectivity index (χ4v) is 7.65. The average molecular weight is 490 g/mol. The van der Waals surface area contributed by atoms with Gasteiger partial charge in [0.25, 0.3) is 0 Å². The zero-order chi connectivity index (χ0) is 24.1. The van der Waals surface area contributed by atoms with Crippen LogP contribution in [0.2, 0.25) is 0 Å². The van der Waals surface area contributed by atoms with Gasteiger partial charge in [0.2, 0.25) is 20.0 Å². The number of benzene rings is 3. The largest absolute Gasteiger partial charge is 0.508 e. The van der Waals surface area contributed by atoms with Crippen LogP contribution in [0.4, 0.5) is 0 Å². The summed E-state index contributed by atoms with van der Waals surface area (Å²) in [4.78, 5) is 12.2. The number of carboxylic acid groups (broad SMARTS) is 1. The second kappa shape index (κ2) is 10.2. The summed E-state index contributed by atoms with van der Waals surface area (Å²) in [6, 6.07) is 19.5. The molecular formula is C23H23NO7S2. The minimum atomic E-state index is -4.61. The number of sulfonamides is 2. The highest BCUT2D eigenvalue weighted by atomic mass is 32.3. The van der Waals surface area contributed by atoms with Gasteiger partial charge in [0.05, 0.1) is 11.5 Å². The predicted octanol–water partition coefficient (Wildman–Crippen LogP) is 2.75. The molecule has 0 aromatic heterocycles. The molecule has 8 nitrogen and oxygen atoms in total. The first-order chi connectivity index (χ1) is 15.6. The predicted molar refractivity (Wildman–Crippen MR) is 123 cm³/mol. The molecule has 0 saturated heterocycles. The second-order valence-corrected chi connectivity index (χ2v) is 11.4. The molecular weight excluding hydrogens is 466 g/mol. The van der Waals surface area contributed by atoms with E-state index in [9.17, 15) is 31.8 Å². The van der Waals surface area contributed by atoms with Gasteiger partial charge in [-0.25, -0.2) is 16.8 Å². The number of phenols is 1. The minimum absolute atomic E-state index is 0.0594. The molecule has 174 valence electrons. The molecule has 0 unspecified atom stereocenters. The lowest BCUT2D eigenvalue weighted by Crippen LogP contribution is -2.50. The molecule has 3 aromatic rings. The van der Waals surface area contributed by atoms with Crippen molar-refractivity contribution < 1.29 is 31.8 Å². The zero-order valence-corrected chi connectivity index (χ0v) is 19.1. The Morgan fingerprint density at radius 3 is 1.52 bits per heavy atom. The molecule has 3 aromatic carbocycles. The van der Waals surface area contributed by atoms with Gasteiger partial charge in [0, 0.05) is 6.42 Å². The Labute approximate surface area is 192 Å². The zero-order valence-electron chi connectivity index (χ0n) is 17.5. The van der Waals surface area contributed by atoms with E-state index in [1.807, 2.05) is 0 Å². The van der Waals surface area contributed by atoms with Crippen LogP contribution in [0.15, 0.2) is 84.9 Å². The van der Waals surface area contributed by atoms with E-state index in [-0.39, 0.29) is 9.46 Å². The number of aliphatic carboxylic acids is 1. The number of phenolic OH excluding ortho intramolecular Hbond substituents is 1. The molecule has 0 spiro atoms. The lowest BCUT2D eigenvalue weighted by molar-refractivity contribution is -0.140. The first-order valence-electron chi connectivity index (χ1n) is 9.92. The summed E-state index contributed by atoms with van der Waals surface area (Å²) in [7, 11) is -9.22. The molecule has 3 rings (SSSR count). The van der Waals surface area contributed by atoms with Crippen LogP contribution in [0.25, 0.3) is 0 Å². The van der Waals surface area contributed by atoms with Crippen LogP contribution in [-0.4, -0.2) is 42.8 Å². The Hall–Kier alpha value is -3.21. The Morgan fingerprint density at radius 1 is 0.697 bits per heavy atom. The van der Waals surface area contributed by atoms with Gasteiger partial charge >= 0.3 is 5.97 Å². The number of hydrogen-bond acceptors (Lipinski definition) is 6. The molecule has 0 fully saturated rings. The molecule has 0 aliphatic heterocycles. The molecule has 10 heteroatoms. The first kappa shape index (κ1) is 24.4. The highest BCUT2D eigenvalue weighted by molar-refractivity contribution is 8.03. The molecule has 2 N–H and O–H groups in total. The van der Waals surface area contributed by atoms with Gasteiger partial charge in [-0.2, -0.15) is 0 Å². The maximum Gasteiger partial charge on any atom is 0.323 e. The van der Waals surface area contributed by atoms with E-state index in [1.54, 1.807) is 36.4 Å². The van der Waals surface area contributed by atoms with Gasteiger partial charge in [-0.3, -0.25) is 4.79 Å². The minimum Gasteiger partial charge on any atom is -0.508 e. The normalized spacial score (nSPS) is 13.0. The summed E-state index contributed by atoms with van der Waals surface area (Å²) in [5.41, 5.74) is 1.01. The van der Waals surface area contributed by atoms with Crippen LogP contribution in [0.1, 0.15) is 16.7 Å². The summed E-state index contributed by atoms with van der Waals surface area (Å²) in [6.07, 6.45) is -0.405. The molecule has 33 heavy (non-hydrogen) atoms. The number of hydrogen-bond donors (Lipinski definition) is 2. The number of aromatic hydroxyl groups is 1. The fourth-order valence-electron chi connectivity index (χ4n) is 3.37. The molecule has 0 bridgehead atoms. The van der Waals surface area contributed by atoms with Crippen molar-refractivity contribution in [1.29, 1.82) is 0 Å². The smallest absolute Gasteiger partial charge is 0.323 e. The van der Waals surface area contributed by atoms with E-state index in [0.717, 1.165) is 0 Å². The monoisotopic (exact) mass is 489 g/mol. The lowest BCUT2D eigenvalue weighted by Gasteiger charge is -2.28. The molecule has 0 aliphatic carbocycles. The summed E-state index contributed by atoms with van der Waals surface area (Å²) < 4.78 is 53.6. The van der Waals surface area contributed by atoms with Crippen molar-refractivity contribution in [2.24, 2.45) is 0 Å². The maximum atomic E-state index is 13.4. The fraction of sp³-hybridized carbons (Fsp3) is 0.174. The van der Waals surface area contributed by atoms with Crippen LogP contribution >= 0.6 is 0 Å². The SMILES string of the molecule is O=C(O)[C@H](Cc1ccc(O)cc1)N(S(=O)(=O)Cc1ccccc1)S(=O)(=O)Cc1ccccc1. The van der Waals surface area contributed by atoms with Crippen LogP contribution in [0, 0.1) is 0 Å². The Bertz CT molecular complexity index is 1220. The highest BCUT2D eigenvalue weighted by Crippen LogP contribution is 2.25. The van der Waals surface area contributed by atoms with Gasteiger partial charge in [-0.05, 0) is 28.8 Å². The van der Waals surface area contributed by atoms with Crippen molar-refractivity contribution in [1.82, 2.24) is 3.71 Å². The van der Waals surface area contributed by atoms with Gasteiger partial charge in [-0.15, -0.1) is 0 Å². The number of nitrogens with zero attached hydrogens (tertiary/aromatic N) is 1. The van der Waals surface area contributed by atoms with Crippen molar-refractivity contribution >= 4 is 26.0 Å². The number of carbonyl (C=O) groups is 1. The number of rotatable bonds is 10. The van der Waals surface area contributed by atoms with Crippen molar-refractivity contribution in [2.75, 3.05) is 0 Å². The summed E-state index contributed by atoms with van der Waals surface area (Å²) in [5, 5.41) is 19.4. The molecule has 0 aliphatic rings. The van der Waals surface area contributed by atoms with E-state index in [4.69, 9.17) is 0 Å². The van der Waals surface area contributed by atoms with Crippen LogP contribution in [-0.2, 0) is 42.8 Å². The van der Waals surface area contributed by atoms with Crippen molar-refractivity contribution in [3.8, 4) is 5.75 Å². The standard InChI is InChI=1S/C23H23NO7S2/c25-21-13-11-18(12-14-21)15-22(23(26)27)24(32(28,29)16-19-7-3-1-4-8-19)33(30,31)17-20-9-5-2-6-10-20/h1-14,22,25H,15-17H2,(H,26,27)/t22-/m0/s1. The summed E-state index contributed by atoms with van der Waals surface area (Å²) >= 11 is 0. The van der Waals surface area contributed by atoms with E-state index >= 15 is 0 Å². The van der Waals surface area contributed by atoms with E-state index in [2.05, 4.69) is 0 Å². The topological polar surface area (TPSA) is 129 Å². The molecule has 0 amide bonds. The first-order valence-corrected chi connectivity index (χ1v) is 13.1. The van der Waals surface area contributed by atoms with E-state index in [1.165, 1.54) is 48.5 Å². The van der Waals surface area contributed by atoms with Crippen LogP contribution in [0.5, 0.6) is 5.75 Å². The van der Waals surface area contributed by atoms with Gasteiger partial charge in [0.15, 0.2) is 0 Å². The number of carboxylic acids is 1. The van der Waals surface area contributed by atoms with Gasteiger partial charge in [0.1, 0.15) is 11.8 Å². The van der Waals surface area contributed by atoms with Crippen molar-refractivity contribution in [3.05, 3.63) is 102 Å². The molecule has 1 atom stereocenters. The van der Waals surface area contributed by atoms with Crippen molar-refractivity contribution in [3.63, 3.8) is 0 Å². The molecule has 0 saturated carbocycles. The second-order valence-electron chi connectivity index (χ2n) is 7.43. The van der Waals surface area contributed by atoms with E-state index < -0.39 is 50.0 Å². The van der Waals surface area contributed by atoms with Gasteiger partial charge < -0.3 is 10.2 Å². The highest BCUT2D eigenvalue weighted by Gasteiger charge is 2.43. The van der Waals surface area contributed by atoms with E-state index in [0.29, 0.717) is 16.7 Å². The maximum absolute atomic E-state index is 13.4. The third-order valence-corrected chi connectivity index (χ3v) is 9.20. The summed E-state index contributed by atoms with van der Waals surface area (Å²) in [6.45, 7) is 0. The van der Waals surface area contributed by atoms with Crippen molar-refractivity contribution in [2.45, 2.75) is 24.0 Å². The molecule has 0 heterocycles. The lowest BCUT2D eigenvalue weighted by atomic mass is 10.1. The van der Waals surface area contributed by atoms with Crippen LogP contribution in [0.3, 0.4) is 0 Å². The Morgan fingerprint density at radius 2 is 1.12 bits per heavy atom. The quantitative estimate of drug-likeness (QED) is 0.448. The summed E-state index contributed by atoms with van der Waals surface area (Å²) in [5.74, 6) is -3.02. The average Bonchev–Trinajstić information content (AvgIpc) is 2.75. The van der Waals surface area contributed by atoms with Gasteiger partial charge in [-0.1, -0.05) is 76.5 Å². The molecule has 0 radical (unpaired) electrons.